The predicted molar refractivity (Wildman–Crippen MR) is 179 cm³/mol. The lowest BCUT2D eigenvalue weighted by atomic mass is 9.74. The van der Waals surface area contributed by atoms with Crippen molar-refractivity contribution in [3.8, 4) is 0 Å². The van der Waals surface area contributed by atoms with Gasteiger partial charge in [0, 0.05) is 0 Å². The first kappa shape index (κ1) is 33.7. The zero-order valence-corrected chi connectivity index (χ0v) is 27.4. The van der Waals surface area contributed by atoms with Gasteiger partial charge in [0.05, 0.1) is 0 Å². The molecule has 229 valence electrons. The van der Waals surface area contributed by atoms with Gasteiger partial charge in [-0.2, -0.15) is 0 Å². The molecule has 0 bridgehead atoms. The van der Waals surface area contributed by atoms with Gasteiger partial charge >= 0.3 is 0 Å². The quantitative estimate of drug-likeness (QED) is 0.227. The molecule has 1 radical (unpaired) electrons. The van der Waals surface area contributed by atoms with Gasteiger partial charge in [-0.15, -0.1) is 0 Å². The Kier molecular flexibility index (Phi) is 18.4. The Morgan fingerprint density at radius 3 is 1.68 bits per heavy atom. The third-order valence-corrected chi connectivity index (χ3v) is 10.6. The zero-order chi connectivity index (χ0) is 28.1. The minimum atomic E-state index is 0.788. The van der Waals surface area contributed by atoms with E-state index in [2.05, 4.69) is 32.0 Å². The Labute approximate surface area is 252 Å². The molecule has 0 amide bonds. The highest BCUT2D eigenvalue weighted by Gasteiger charge is 2.25. The van der Waals surface area contributed by atoms with E-state index in [0.717, 1.165) is 11.8 Å². The van der Waals surface area contributed by atoms with Crippen LogP contribution in [0.4, 0.5) is 0 Å². The van der Waals surface area contributed by atoms with Crippen LogP contribution in [0.5, 0.6) is 0 Å². The molecular formula is C40H69. The van der Waals surface area contributed by atoms with Crippen molar-refractivity contribution in [3.63, 3.8) is 0 Å². The third kappa shape index (κ3) is 13.0. The van der Waals surface area contributed by atoms with Gasteiger partial charge in [-0.05, 0) is 98.7 Å². The number of unbranched alkanes of at least 4 members (excludes halogenated alkanes) is 6. The molecule has 0 N–H and O–H groups in total. The van der Waals surface area contributed by atoms with Gasteiger partial charge in [-0.1, -0.05) is 154 Å². The van der Waals surface area contributed by atoms with Crippen molar-refractivity contribution in [2.45, 2.75) is 206 Å². The summed E-state index contributed by atoms with van der Waals surface area (Å²) in [5, 5.41) is 0. The highest BCUT2D eigenvalue weighted by molar-refractivity contribution is 5.38. The van der Waals surface area contributed by atoms with E-state index in [-0.39, 0.29) is 0 Å². The first-order valence-corrected chi connectivity index (χ1v) is 18.8. The molecule has 1 aromatic carbocycles. The molecule has 2 fully saturated rings. The SMILES string of the molecule is CCCCCCc1cccc(C2CCCCCC[C](C3CCCCCCCCCCC3)CC2)c1CCCCCC. The van der Waals surface area contributed by atoms with Crippen molar-refractivity contribution in [1.29, 1.82) is 0 Å². The molecule has 40 heavy (non-hydrogen) atoms. The molecule has 1 aromatic rings. The van der Waals surface area contributed by atoms with Crippen LogP contribution < -0.4 is 0 Å². The van der Waals surface area contributed by atoms with Gasteiger partial charge < -0.3 is 0 Å². The normalized spacial score (nSPS) is 21.9. The van der Waals surface area contributed by atoms with Crippen LogP contribution in [-0.2, 0) is 12.8 Å². The van der Waals surface area contributed by atoms with E-state index in [9.17, 15) is 0 Å². The van der Waals surface area contributed by atoms with Crippen LogP contribution in [0.15, 0.2) is 18.2 Å². The molecule has 3 rings (SSSR count). The smallest absolute Gasteiger partial charge is 0.0159 e. The Morgan fingerprint density at radius 2 is 1.05 bits per heavy atom. The maximum atomic E-state index is 2.58. The lowest BCUT2D eigenvalue weighted by molar-refractivity contribution is 0.355. The summed E-state index contributed by atoms with van der Waals surface area (Å²) in [5.41, 5.74) is 5.29. The molecule has 2 aliphatic carbocycles. The average Bonchev–Trinajstić information content (AvgIpc) is 2.97. The maximum absolute atomic E-state index is 2.58. The lowest BCUT2D eigenvalue weighted by Gasteiger charge is -2.31. The van der Waals surface area contributed by atoms with Gasteiger partial charge in [0.25, 0.3) is 0 Å². The second-order valence-corrected chi connectivity index (χ2v) is 13.9. The van der Waals surface area contributed by atoms with Gasteiger partial charge in [-0.3, -0.25) is 0 Å². The zero-order valence-electron chi connectivity index (χ0n) is 27.4. The molecule has 0 heteroatoms. The minimum absolute atomic E-state index is 0.788. The van der Waals surface area contributed by atoms with Crippen molar-refractivity contribution < 1.29 is 0 Å². The van der Waals surface area contributed by atoms with Gasteiger partial charge in [0.2, 0.25) is 0 Å². The Balaban J connectivity index is 1.74. The third-order valence-electron chi connectivity index (χ3n) is 10.6. The summed E-state index contributed by atoms with van der Waals surface area (Å²) in [7, 11) is 0. The first-order valence-electron chi connectivity index (χ1n) is 18.8. The summed E-state index contributed by atoms with van der Waals surface area (Å²) >= 11 is 0. The fourth-order valence-corrected chi connectivity index (χ4v) is 8.06. The summed E-state index contributed by atoms with van der Waals surface area (Å²) in [6.07, 6.45) is 41.6. The fraction of sp³-hybridized carbons (Fsp3) is 0.825. The molecule has 0 aromatic heterocycles. The van der Waals surface area contributed by atoms with Crippen LogP contribution in [0, 0.1) is 11.8 Å². The maximum Gasteiger partial charge on any atom is -0.0159 e. The molecule has 2 aliphatic rings. The summed E-state index contributed by atoms with van der Waals surface area (Å²) in [6.45, 7) is 4.69. The van der Waals surface area contributed by atoms with Gasteiger partial charge in [-0.25, -0.2) is 0 Å². The molecule has 0 aliphatic heterocycles. The van der Waals surface area contributed by atoms with Crippen LogP contribution in [0.25, 0.3) is 0 Å². The molecule has 2 saturated carbocycles. The van der Waals surface area contributed by atoms with Crippen molar-refractivity contribution in [3.05, 3.63) is 40.8 Å². The molecule has 1 atom stereocenters. The predicted octanol–water partition coefficient (Wildman–Crippen LogP) is 13.6. The Bertz CT molecular complexity index is 720. The van der Waals surface area contributed by atoms with E-state index < -0.39 is 0 Å². The summed E-state index contributed by atoms with van der Waals surface area (Å²) < 4.78 is 0. The summed E-state index contributed by atoms with van der Waals surface area (Å²) in [4.78, 5) is 0. The fourth-order valence-electron chi connectivity index (χ4n) is 8.06. The number of rotatable bonds is 12. The number of hydrogen-bond acceptors (Lipinski definition) is 0. The van der Waals surface area contributed by atoms with E-state index in [4.69, 9.17) is 0 Å². The standard InChI is InChI=1S/C40H69/c1-3-5-7-18-28-37-30-24-32-40(39(37)31-23-8-6-4-2)38-29-22-17-16-21-27-36(33-34-38)35-25-19-14-12-10-9-11-13-15-20-26-35/h24,30,32,35,38H,3-23,25-29,31,33-34H2,1-2H3. The van der Waals surface area contributed by atoms with Crippen LogP contribution in [0.2, 0.25) is 0 Å². The van der Waals surface area contributed by atoms with E-state index in [1.165, 1.54) is 186 Å². The average molecular weight is 550 g/mol. The second kappa shape index (κ2) is 21.9. The molecule has 0 heterocycles. The second-order valence-electron chi connectivity index (χ2n) is 13.9. The monoisotopic (exact) mass is 550 g/mol. The molecule has 0 spiro atoms. The van der Waals surface area contributed by atoms with Crippen molar-refractivity contribution in [2.75, 3.05) is 0 Å². The summed E-state index contributed by atoms with van der Waals surface area (Å²) in [6, 6.07) is 7.53. The number of aryl methyl sites for hydroxylation is 1. The van der Waals surface area contributed by atoms with Gasteiger partial charge in [0.15, 0.2) is 0 Å². The van der Waals surface area contributed by atoms with Crippen LogP contribution in [0.1, 0.15) is 210 Å². The molecule has 0 saturated heterocycles. The first-order chi connectivity index (χ1) is 19.8. The van der Waals surface area contributed by atoms with Crippen molar-refractivity contribution >= 4 is 0 Å². The van der Waals surface area contributed by atoms with E-state index in [0.29, 0.717) is 0 Å². The van der Waals surface area contributed by atoms with Crippen molar-refractivity contribution in [1.82, 2.24) is 0 Å². The number of hydrogen-bond donors (Lipinski definition) is 0. The van der Waals surface area contributed by atoms with E-state index in [1.807, 2.05) is 5.92 Å². The largest absolute Gasteiger partial charge is 0.0654 e. The van der Waals surface area contributed by atoms with Crippen LogP contribution in [-0.4, -0.2) is 0 Å². The van der Waals surface area contributed by atoms with E-state index >= 15 is 0 Å². The van der Waals surface area contributed by atoms with Crippen LogP contribution >= 0.6 is 0 Å². The van der Waals surface area contributed by atoms with Crippen molar-refractivity contribution in [2.24, 2.45) is 5.92 Å². The van der Waals surface area contributed by atoms with Gasteiger partial charge in [0.1, 0.15) is 0 Å². The highest BCUT2D eigenvalue weighted by atomic mass is 14.3. The summed E-state index contributed by atoms with van der Waals surface area (Å²) in [5.74, 6) is 3.72. The topological polar surface area (TPSA) is 0 Å². The molecule has 0 nitrogen and oxygen atoms in total. The van der Waals surface area contributed by atoms with Crippen LogP contribution in [0.3, 0.4) is 0 Å². The number of benzene rings is 1. The minimum Gasteiger partial charge on any atom is -0.0654 e. The van der Waals surface area contributed by atoms with E-state index in [1.54, 1.807) is 16.7 Å². The lowest BCUT2D eigenvalue weighted by Crippen LogP contribution is -2.17. The Morgan fingerprint density at radius 1 is 0.500 bits per heavy atom. The highest BCUT2D eigenvalue weighted by Crippen LogP contribution is 2.40. The Hall–Kier alpha value is -0.780. The molecular weight excluding hydrogens is 480 g/mol. The molecule has 1 unspecified atom stereocenters.